The highest BCUT2D eigenvalue weighted by atomic mass is 32.2. The third-order valence-electron chi connectivity index (χ3n) is 2.55. The minimum Gasteiger partial charge on any atom is -0.313 e. The number of hydrogen-bond donors (Lipinski definition) is 1. The molecule has 1 N–H and O–H groups in total. The van der Waals surface area contributed by atoms with E-state index in [1.54, 1.807) is 0 Å². The fourth-order valence-corrected chi connectivity index (χ4v) is 2.71. The Morgan fingerprint density at radius 2 is 1.71 bits per heavy atom. The number of hydrogen-bond acceptors (Lipinski definition) is 2. The highest BCUT2D eigenvalue weighted by Gasteiger charge is 2.14. The summed E-state index contributed by atoms with van der Waals surface area (Å²) in [5.74, 6) is 4.17. The molecule has 14 heavy (non-hydrogen) atoms. The third kappa shape index (κ3) is 6.72. The van der Waals surface area contributed by atoms with Gasteiger partial charge in [0, 0.05) is 11.8 Å². The molecule has 86 valence electrons. The van der Waals surface area contributed by atoms with Crippen LogP contribution in [0.25, 0.3) is 0 Å². The molecule has 0 aromatic rings. The van der Waals surface area contributed by atoms with Gasteiger partial charge in [-0.1, -0.05) is 41.0 Å². The van der Waals surface area contributed by atoms with E-state index in [9.17, 15) is 0 Å². The summed E-state index contributed by atoms with van der Waals surface area (Å²) in [4.78, 5) is 0. The molecule has 0 radical (unpaired) electrons. The summed E-state index contributed by atoms with van der Waals surface area (Å²) in [7, 11) is 0. The molecule has 0 amide bonds. The Balaban J connectivity index is 3.72. The Hall–Kier alpha value is 0.310. The number of thioether (sulfide) groups is 1. The molecule has 0 aliphatic rings. The first-order valence-electron chi connectivity index (χ1n) is 5.92. The molecule has 0 heterocycles. The predicted molar refractivity (Wildman–Crippen MR) is 69.1 cm³/mol. The topological polar surface area (TPSA) is 12.0 Å². The van der Waals surface area contributed by atoms with Gasteiger partial charge in [0.2, 0.25) is 0 Å². The molecular weight excluding hydrogens is 190 g/mol. The molecule has 2 atom stereocenters. The van der Waals surface area contributed by atoms with Gasteiger partial charge >= 0.3 is 0 Å². The molecule has 0 rings (SSSR count). The van der Waals surface area contributed by atoms with E-state index in [4.69, 9.17) is 0 Å². The predicted octanol–water partition coefficient (Wildman–Crippen LogP) is 3.40. The summed E-state index contributed by atoms with van der Waals surface area (Å²) >= 11 is 2.09. The van der Waals surface area contributed by atoms with Crippen molar-refractivity contribution in [2.75, 3.05) is 18.1 Å². The molecule has 2 unspecified atom stereocenters. The molecule has 2 heteroatoms. The van der Waals surface area contributed by atoms with Crippen molar-refractivity contribution >= 4 is 11.8 Å². The van der Waals surface area contributed by atoms with Crippen molar-refractivity contribution in [1.29, 1.82) is 0 Å². The van der Waals surface area contributed by atoms with E-state index in [1.165, 1.54) is 17.9 Å². The van der Waals surface area contributed by atoms with Crippen LogP contribution < -0.4 is 5.32 Å². The lowest BCUT2D eigenvalue weighted by molar-refractivity contribution is 0.404. The third-order valence-corrected chi connectivity index (χ3v) is 4.04. The zero-order valence-electron chi connectivity index (χ0n) is 10.5. The van der Waals surface area contributed by atoms with Gasteiger partial charge in [0.15, 0.2) is 0 Å². The van der Waals surface area contributed by atoms with Gasteiger partial charge in [-0.05, 0) is 24.1 Å². The molecule has 0 fully saturated rings. The minimum absolute atomic E-state index is 0.703. The second-order valence-electron chi connectivity index (χ2n) is 4.48. The van der Waals surface area contributed by atoms with Crippen LogP contribution >= 0.6 is 11.8 Å². The van der Waals surface area contributed by atoms with Gasteiger partial charge in [-0.3, -0.25) is 0 Å². The highest BCUT2D eigenvalue weighted by molar-refractivity contribution is 7.99. The lowest BCUT2D eigenvalue weighted by Crippen LogP contribution is -2.37. The number of rotatable bonds is 8. The van der Waals surface area contributed by atoms with Crippen LogP contribution in [0.1, 0.15) is 41.0 Å². The van der Waals surface area contributed by atoms with Crippen LogP contribution in [0, 0.1) is 11.8 Å². The second kappa shape index (κ2) is 8.60. The quantitative estimate of drug-likeness (QED) is 0.669. The van der Waals surface area contributed by atoms with E-state index >= 15 is 0 Å². The van der Waals surface area contributed by atoms with E-state index in [0.717, 1.165) is 18.4 Å². The molecule has 0 saturated carbocycles. The Morgan fingerprint density at radius 1 is 1.07 bits per heavy atom. The zero-order chi connectivity index (χ0) is 11.0. The van der Waals surface area contributed by atoms with Gasteiger partial charge in [0.05, 0.1) is 0 Å². The zero-order valence-corrected chi connectivity index (χ0v) is 11.3. The van der Waals surface area contributed by atoms with Crippen LogP contribution in [-0.4, -0.2) is 24.1 Å². The first-order valence-corrected chi connectivity index (χ1v) is 7.08. The van der Waals surface area contributed by atoms with Crippen LogP contribution in [0.2, 0.25) is 0 Å². The lowest BCUT2D eigenvalue weighted by Gasteiger charge is -2.23. The Morgan fingerprint density at radius 3 is 2.14 bits per heavy atom. The fraction of sp³-hybridized carbons (Fsp3) is 1.00. The van der Waals surface area contributed by atoms with Crippen molar-refractivity contribution in [3.05, 3.63) is 0 Å². The first-order chi connectivity index (χ1) is 6.61. The monoisotopic (exact) mass is 217 g/mol. The molecule has 0 aromatic heterocycles. The maximum absolute atomic E-state index is 3.59. The van der Waals surface area contributed by atoms with Gasteiger partial charge in [-0.25, -0.2) is 0 Å². The summed E-state index contributed by atoms with van der Waals surface area (Å²) in [6.07, 6.45) is 1.28. The Labute approximate surface area is 94.4 Å². The molecule has 0 spiro atoms. The van der Waals surface area contributed by atoms with E-state index in [2.05, 4.69) is 51.7 Å². The molecule has 0 aliphatic carbocycles. The smallest absolute Gasteiger partial charge is 0.0183 e. The molecular formula is C12H27NS. The van der Waals surface area contributed by atoms with E-state index in [-0.39, 0.29) is 0 Å². The van der Waals surface area contributed by atoms with Crippen molar-refractivity contribution in [2.45, 2.75) is 47.1 Å². The summed E-state index contributed by atoms with van der Waals surface area (Å²) in [5, 5.41) is 3.59. The molecule has 0 aliphatic heterocycles. The largest absolute Gasteiger partial charge is 0.313 e. The molecule has 0 bridgehead atoms. The van der Waals surface area contributed by atoms with Crippen molar-refractivity contribution in [3.8, 4) is 0 Å². The van der Waals surface area contributed by atoms with Crippen LogP contribution in [0.4, 0.5) is 0 Å². The van der Waals surface area contributed by atoms with Crippen LogP contribution in [0.5, 0.6) is 0 Å². The molecule has 0 saturated heterocycles. The molecule has 0 aromatic carbocycles. The standard InChI is InChI=1S/C12H27NS/c1-6-11(5)12(13-7-2)9-14-8-10(3)4/h10-13H,6-9H2,1-5H3. The van der Waals surface area contributed by atoms with Gasteiger partial charge in [0.25, 0.3) is 0 Å². The average molecular weight is 217 g/mol. The maximum Gasteiger partial charge on any atom is 0.0183 e. The number of nitrogens with one attached hydrogen (secondary N) is 1. The van der Waals surface area contributed by atoms with E-state index in [1.807, 2.05) is 0 Å². The first kappa shape index (κ1) is 14.3. The van der Waals surface area contributed by atoms with Gasteiger partial charge < -0.3 is 5.32 Å². The maximum atomic E-state index is 3.59. The summed E-state index contributed by atoms with van der Waals surface area (Å²) < 4.78 is 0. The summed E-state index contributed by atoms with van der Waals surface area (Å²) in [6.45, 7) is 12.5. The Kier molecular flexibility index (Phi) is 8.80. The Bertz CT molecular complexity index is 125. The minimum atomic E-state index is 0.703. The van der Waals surface area contributed by atoms with Crippen molar-refractivity contribution in [1.82, 2.24) is 5.32 Å². The van der Waals surface area contributed by atoms with Crippen LogP contribution in [0.3, 0.4) is 0 Å². The second-order valence-corrected chi connectivity index (χ2v) is 5.56. The van der Waals surface area contributed by atoms with Crippen LogP contribution in [0.15, 0.2) is 0 Å². The average Bonchev–Trinajstić information content (AvgIpc) is 2.15. The van der Waals surface area contributed by atoms with Crippen molar-refractivity contribution in [3.63, 3.8) is 0 Å². The summed E-state index contributed by atoms with van der Waals surface area (Å²) in [6, 6.07) is 0.703. The normalized spacial score (nSPS) is 15.9. The van der Waals surface area contributed by atoms with E-state index in [0.29, 0.717) is 6.04 Å². The van der Waals surface area contributed by atoms with Gasteiger partial charge in [-0.15, -0.1) is 0 Å². The fourth-order valence-electron chi connectivity index (χ4n) is 1.40. The van der Waals surface area contributed by atoms with E-state index < -0.39 is 0 Å². The highest BCUT2D eigenvalue weighted by Crippen LogP contribution is 2.15. The van der Waals surface area contributed by atoms with Gasteiger partial charge in [0.1, 0.15) is 0 Å². The summed E-state index contributed by atoms with van der Waals surface area (Å²) in [5.41, 5.74) is 0. The SMILES string of the molecule is CCNC(CSCC(C)C)C(C)CC. The molecule has 1 nitrogen and oxygen atoms in total. The van der Waals surface area contributed by atoms with Gasteiger partial charge in [-0.2, -0.15) is 11.8 Å². The lowest BCUT2D eigenvalue weighted by atomic mass is 10.0. The van der Waals surface area contributed by atoms with Crippen molar-refractivity contribution in [2.24, 2.45) is 11.8 Å². The van der Waals surface area contributed by atoms with Crippen LogP contribution in [-0.2, 0) is 0 Å². The van der Waals surface area contributed by atoms with Crippen molar-refractivity contribution < 1.29 is 0 Å².